The van der Waals surface area contributed by atoms with Gasteiger partial charge in [-0.3, -0.25) is 9.78 Å². The van der Waals surface area contributed by atoms with Crippen molar-refractivity contribution < 1.29 is 4.79 Å². The first kappa shape index (κ1) is 11.4. The molecule has 2 aromatic rings. The lowest BCUT2D eigenvalue weighted by atomic mass is 9.99. The summed E-state index contributed by atoms with van der Waals surface area (Å²) in [5.74, 6) is 0.0590. The highest BCUT2D eigenvalue weighted by atomic mass is 79.9. The van der Waals surface area contributed by atoms with E-state index in [1.54, 1.807) is 17.3 Å². The summed E-state index contributed by atoms with van der Waals surface area (Å²) in [6, 6.07) is 9.65. The number of hydrogen-bond donors (Lipinski definition) is 0. The third kappa shape index (κ3) is 1.82. The first-order chi connectivity index (χ1) is 8.77. The Morgan fingerprint density at radius 3 is 2.89 bits per heavy atom. The first-order valence-electron chi connectivity index (χ1n) is 5.76. The lowest BCUT2D eigenvalue weighted by Crippen LogP contribution is -2.37. The molecule has 0 atom stereocenters. The molecule has 0 aliphatic carbocycles. The van der Waals surface area contributed by atoms with Crippen molar-refractivity contribution in [1.82, 2.24) is 4.98 Å². The normalized spacial score (nSPS) is 14.5. The van der Waals surface area contributed by atoms with E-state index in [9.17, 15) is 4.79 Å². The van der Waals surface area contributed by atoms with Gasteiger partial charge in [0.25, 0.3) is 5.91 Å². The van der Waals surface area contributed by atoms with Crippen molar-refractivity contribution in [2.24, 2.45) is 0 Å². The molecule has 18 heavy (non-hydrogen) atoms. The van der Waals surface area contributed by atoms with Crippen LogP contribution in [-0.2, 0) is 6.42 Å². The molecular formula is C14H11BrN2O. The number of hydrogen-bond acceptors (Lipinski definition) is 2. The van der Waals surface area contributed by atoms with E-state index in [1.807, 2.05) is 30.3 Å². The van der Waals surface area contributed by atoms with Crippen LogP contribution in [0.3, 0.4) is 0 Å². The van der Waals surface area contributed by atoms with Crippen LogP contribution in [0.4, 0.5) is 5.69 Å². The van der Waals surface area contributed by atoms with Crippen LogP contribution in [0.1, 0.15) is 15.9 Å². The summed E-state index contributed by atoms with van der Waals surface area (Å²) in [4.78, 5) is 18.3. The van der Waals surface area contributed by atoms with Crippen molar-refractivity contribution in [3.05, 3.63) is 58.3 Å². The SMILES string of the molecule is O=C1c2ccccc2CCN1c1ccncc1Br. The van der Waals surface area contributed by atoms with Gasteiger partial charge in [0.2, 0.25) is 0 Å². The third-order valence-electron chi connectivity index (χ3n) is 3.14. The topological polar surface area (TPSA) is 33.2 Å². The summed E-state index contributed by atoms with van der Waals surface area (Å²) in [7, 11) is 0. The fourth-order valence-electron chi connectivity index (χ4n) is 2.24. The number of pyridine rings is 1. The smallest absolute Gasteiger partial charge is 0.258 e. The average Bonchev–Trinajstić information content (AvgIpc) is 2.41. The Morgan fingerprint density at radius 2 is 2.06 bits per heavy atom. The van der Waals surface area contributed by atoms with Crippen molar-refractivity contribution in [3.63, 3.8) is 0 Å². The van der Waals surface area contributed by atoms with Gasteiger partial charge in [-0.15, -0.1) is 0 Å². The van der Waals surface area contributed by atoms with E-state index in [1.165, 1.54) is 0 Å². The van der Waals surface area contributed by atoms with Crippen LogP contribution in [0.15, 0.2) is 47.2 Å². The zero-order valence-corrected chi connectivity index (χ0v) is 11.2. The maximum absolute atomic E-state index is 12.5. The fourth-order valence-corrected chi connectivity index (χ4v) is 2.71. The quantitative estimate of drug-likeness (QED) is 0.811. The van der Waals surface area contributed by atoms with Gasteiger partial charge in [0.05, 0.1) is 10.2 Å². The van der Waals surface area contributed by atoms with Gasteiger partial charge in [-0.1, -0.05) is 18.2 Å². The second-order valence-corrected chi connectivity index (χ2v) is 5.05. The molecule has 3 nitrogen and oxygen atoms in total. The minimum absolute atomic E-state index is 0.0590. The van der Waals surface area contributed by atoms with Gasteiger partial charge in [0, 0.05) is 24.5 Å². The van der Waals surface area contributed by atoms with Crippen LogP contribution in [0.2, 0.25) is 0 Å². The van der Waals surface area contributed by atoms with E-state index in [0.29, 0.717) is 6.54 Å². The largest absolute Gasteiger partial charge is 0.307 e. The average molecular weight is 303 g/mol. The highest BCUT2D eigenvalue weighted by Crippen LogP contribution is 2.29. The molecule has 0 bridgehead atoms. The molecule has 4 heteroatoms. The number of aromatic nitrogens is 1. The van der Waals surface area contributed by atoms with Gasteiger partial charge in [0.15, 0.2) is 0 Å². The Bertz CT molecular complexity index is 612. The van der Waals surface area contributed by atoms with Crippen LogP contribution in [-0.4, -0.2) is 17.4 Å². The van der Waals surface area contributed by atoms with Gasteiger partial charge in [-0.05, 0) is 40.0 Å². The summed E-state index contributed by atoms with van der Waals surface area (Å²) in [5.41, 5.74) is 2.81. The summed E-state index contributed by atoms with van der Waals surface area (Å²) < 4.78 is 0.845. The predicted octanol–water partition coefficient (Wildman–Crippen LogP) is 3.05. The number of benzene rings is 1. The third-order valence-corrected chi connectivity index (χ3v) is 3.75. The first-order valence-corrected chi connectivity index (χ1v) is 6.56. The lowest BCUT2D eigenvalue weighted by Gasteiger charge is -2.29. The zero-order valence-electron chi connectivity index (χ0n) is 9.64. The fraction of sp³-hybridized carbons (Fsp3) is 0.143. The number of nitrogens with zero attached hydrogens (tertiary/aromatic N) is 2. The van der Waals surface area contributed by atoms with E-state index < -0.39 is 0 Å². The maximum Gasteiger partial charge on any atom is 0.258 e. The minimum Gasteiger partial charge on any atom is -0.307 e. The Hall–Kier alpha value is -1.68. The van der Waals surface area contributed by atoms with Gasteiger partial charge in [0.1, 0.15) is 0 Å². The van der Waals surface area contributed by atoms with E-state index in [2.05, 4.69) is 20.9 Å². The molecule has 1 aromatic carbocycles. The van der Waals surface area contributed by atoms with Crippen molar-refractivity contribution in [3.8, 4) is 0 Å². The van der Waals surface area contributed by atoms with Crippen LogP contribution in [0.25, 0.3) is 0 Å². The van der Waals surface area contributed by atoms with Crippen LogP contribution in [0.5, 0.6) is 0 Å². The standard InChI is InChI=1S/C14H11BrN2O/c15-12-9-16-7-5-13(12)17-8-6-10-3-1-2-4-11(10)14(17)18/h1-5,7,9H,6,8H2. The second-order valence-electron chi connectivity index (χ2n) is 4.19. The number of carbonyl (C=O) groups excluding carboxylic acids is 1. The van der Waals surface area contributed by atoms with E-state index in [0.717, 1.165) is 27.7 Å². The summed E-state index contributed by atoms with van der Waals surface area (Å²) in [5, 5.41) is 0. The molecule has 1 amide bonds. The molecule has 0 radical (unpaired) electrons. The Kier molecular flexibility index (Phi) is 2.88. The van der Waals surface area contributed by atoms with E-state index in [4.69, 9.17) is 0 Å². The second kappa shape index (κ2) is 4.53. The van der Waals surface area contributed by atoms with Gasteiger partial charge in [-0.25, -0.2) is 0 Å². The number of amides is 1. The molecule has 0 saturated carbocycles. The Morgan fingerprint density at radius 1 is 1.22 bits per heavy atom. The minimum atomic E-state index is 0.0590. The van der Waals surface area contributed by atoms with Gasteiger partial charge < -0.3 is 4.90 Å². The molecule has 0 fully saturated rings. The number of rotatable bonds is 1. The predicted molar refractivity (Wildman–Crippen MR) is 73.8 cm³/mol. The summed E-state index contributed by atoms with van der Waals surface area (Å²) in [6.07, 6.45) is 4.30. The van der Waals surface area contributed by atoms with E-state index in [-0.39, 0.29) is 5.91 Å². The number of halogens is 1. The van der Waals surface area contributed by atoms with Gasteiger partial charge >= 0.3 is 0 Å². The summed E-state index contributed by atoms with van der Waals surface area (Å²) in [6.45, 7) is 0.707. The lowest BCUT2D eigenvalue weighted by molar-refractivity contribution is 0.0980. The molecule has 1 aliphatic rings. The number of fused-ring (bicyclic) bond motifs is 1. The molecular weight excluding hydrogens is 292 g/mol. The van der Waals surface area contributed by atoms with Crippen LogP contribution in [0, 0.1) is 0 Å². The molecule has 0 N–H and O–H groups in total. The van der Waals surface area contributed by atoms with Crippen LogP contribution < -0.4 is 4.90 Å². The van der Waals surface area contributed by atoms with Crippen molar-refractivity contribution in [2.45, 2.75) is 6.42 Å². The molecule has 0 saturated heterocycles. The highest BCUT2D eigenvalue weighted by Gasteiger charge is 2.25. The zero-order chi connectivity index (χ0) is 12.5. The molecule has 0 unspecified atom stereocenters. The maximum atomic E-state index is 12.5. The van der Waals surface area contributed by atoms with E-state index >= 15 is 0 Å². The Balaban J connectivity index is 2.03. The Labute approximate surface area is 114 Å². The highest BCUT2D eigenvalue weighted by molar-refractivity contribution is 9.10. The van der Waals surface area contributed by atoms with Crippen molar-refractivity contribution in [2.75, 3.05) is 11.4 Å². The molecule has 2 heterocycles. The summed E-state index contributed by atoms with van der Waals surface area (Å²) >= 11 is 3.44. The molecule has 0 spiro atoms. The number of carbonyl (C=O) groups is 1. The molecule has 3 rings (SSSR count). The van der Waals surface area contributed by atoms with Crippen molar-refractivity contribution in [1.29, 1.82) is 0 Å². The van der Waals surface area contributed by atoms with Crippen molar-refractivity contribution >= 4 is 27.5 Å². The number of anilines is 1. The molecule has 1 aliphatic heterocycles. The van der Waals surface area contributed by atoms with Gasteiger partial charge in [-0.2, -0.15) is 0 Å². The van der Waals surface area contributed by atoms with Crippen LogP contribution >= 0.6 is 15.9 Å². The monoisotopic (exact) mass is 302 g/mol. The molecule has 90 valence electrons. The molecule has 1 aromatic heterocycles.